The molecule has 1 unspecified atom stereocenters. The van der Waals surface area contributed by atoms with Crippen LogP contribution in [0.3, 0.4) is 0 Å². The lowest BCUT2D eigenvalue weighted by Crippen LogP contribution is -2.35. The molecule has 1 atom stereocenters. The first kappa shape index (κ1) is 19.9. The maximum Gasteiger partial charge on any atom is 0.255 e. The third-order valence-electron chi connectivity index (χ3n) is 5.27. The van der Waals surface area contributed by atoms with Crippen molar-refractivity contribution in [2.24, 2.45) is 0 Å². The number of nitrogens with zero attached hydrogens (tertiary/aromatic N) is 1. The number of ketones is 1. The summed E-state index contributed by atoms with van der Waals surface area (Å²) in [5, 5.41) is 6.27. The van der Waals surface area contributed by atoms with E-state index in [0.717, 1.165) is 39.6 Å². The maximum atomic E-state index is 13.4. The number of pyridine rings is 1. The second-order valence-corrected chi connectivity index (χ2v) is 9.57. The highest BCUT2D eigenvalue weighted by molar-refractivity contribution is 8.00. The van der Waals surface area contributed by atoms with E-state index >= 15 is 0 Å². The first-order valence-electron chi connectivity index (χ1n) is 9.60. The highest BCUT2D eigenvalue weighted by Gasteiger charge is 2.39. The fraction of sp³-hybridized carbons (Fsp3) is 0.318. The molecule has 29 heavy (non-hydrogen) atoms. The van der Waals surface area contributed by atoms with Crippen LogP contribution in [0.2, 0.25) is 0 Å². The Morgan fingerprint density at radius 3 is 2.86 bits per heavy atom. The van der Waals surface area contributed by atoms with Gasteiger partial charge in [-0.2, -0.15) is 0 Å². The van der Waals surface area contributed by atoms with Crippen LogP contribution in [0, 0.1) is 6.92 Å². The maximum absolute atomic E-state index is 13.4. The summed E-state index contributed by atoms with van der Waals surface area (Å²) in [6, 6.07) is 7.53. The van der Waals surface area contributed by atoms with Crippen molar-refractivity contribution in [2.45, 2.75) is 43.2 Å². The van der Waals surface area contributed by atoms with Crippen LogP contribution in [0.5, 0.6) is 0 Å². The minimum atomic E-state index is -0.352. The van der Waals surface area contributed by atoms with E-state index in [0.29, 0.717) is 17.8 Å². The van der Waals surface area contributed by atoms with Crippen LogP contribution >= 0.6 is 23.1 Å². The quantitative estimate of drug-likeness (QED) is 0.690. The largest absolute Gasteiger partial charge is 0.362 e. The highest BCUT2D eigenvalue weighted by atomic mass is 32.2. The first-order chi connectivity index (χ1) is 14.0. The van der Waals surface area contributed by atoms with Crippen molar-refractivity contribution in [1.29, 1.82) is 0 Å². The van der Waals surface area contributed by atoms with Gasteiger partial charge in [0.15, 0.2) is 5.78 Å². The molecule has 7 heteroatoms. The predicted octanol–water partition coefficient (Wildman–Crippen LogP) is 4.78. The number of rotatable bonds is 4. The number of allylic oxidation sites excluding steroid dienone is 3. The van der Waals surface area contributed by atoms with E-state index in [2.05, 4.69) is 28.6 Å². The van der Waals surface area contributed by atoms with E-state index in [-0.39, 0.29) is 17.6 Å². The number of thioether (sulfide) groups is 1. The lowest BCUT2D eigenvalue weighted by molar-refractivity contribution is -0.116. The SMILES string of the molecule is CSc1sc(C)cc1C1C(C(=O)Nc2ccccn2)=C(C)NC2=C1C(=O)CCC2. The lowest BCUT2D eigenvalue weighted by atomic mass is 9.75. The molecule has 0 spiro atoms. The average Bonchev–Trinajstić information content (AvgIpc) is 3.08. The Bertz CT molecular complexity index is 1040. The molecule has 0 saturated heterocycles. The smallest absolute Gasteiger partial charge is 0.255 e. The first-order valence-corrected chi connectivity index (χ1v) is 11.6. The summed E-state index contributed by atoms with van der Waals surface area (Å²) < 4.78 is 1.15. The Kier molecular flexibility index (Phi) is 5.61. The van der Waals surface area contributed by atoms with Crippen LogP contribution in [-0.2, 0) is 9.59 Å². The van der Waals surface area contributed by atoms with E-state index in [9.17, 15) is 9.59 Å². The Labute approximate surface area is 178 Å². The third-order valence-corrected chi connectivity index (χ3v) is 7.49. The minimum Gasteiger partial charge on any atom is -0.362 e. The van der Waals surface area contributed by atoms with Gasteiger partial charge in [0.25, 0.3) is 5.91 Å². The van der Waals surface area contributed by atoms with Gasteiger partial charge in [0.05, 0.1) is 4.21 Å². The summed E-state index contributed by atoms with van der Waals surface area (Å²) in [7, 11) is 0. The molecule has 4 rings (SSSR count). The molecule has 1 aliphatic carbocycles. The van der Waals surface area contributed by atoms with Crippen molar-refractivity contribution in [3.63, 3.8) is 0 Å². The molecule has 1 aliphatic heterocycles. The van der Waals surface area contributed by atoms with Crippen LogP contribution in [-0.4, -0.2) is 22.9 Å². The number of dihydropyridines is 1. The number of thiophene rings is 1. The molecular weight excluding hydrogens is 402 g/mol. The zero-order chi connectivity index (χ0) is 20.5. The van der Waals surface area contributed by atoms with E-state index < -0.39 is 0 Å². The minimum absolute atomic E-state index is 0.135. The number of hydrogen-bond acceptors (Lipinski definition) is 6. The fourth-order valence-electron chi connectivity index (χ4n) is 4.09. The van der Waals surface area contributed by atoms with Crippen molar-refractivity contribution < 1.29 is 9.59 Å². The molecule has 3 heterocycles. The molecule has 2 aromatic rings. The third kappa shape index (κ3) is 3.76. The van der Waals surface area contributed by atoms with Crippen molar-refractivity contribution in [1.82, 2.24) is 10.3 Å². The van der Waals surface area contributed by atoms with E-state index in [1.165, 1.54) is 4.88 Å². The molecule has 2 N–H and O–H groups in total. The Hall–Kier alpha value is -2.38. The number of nitrogens with one attached hydrogen (secondary N) is 2. The Morgan fingerprint density at radius 1 is 1.31 bits per heavy atom. The summed E-state index contributed by atoms with van der Waals surface area (Å²) in [5.41, 5.74) is 4.16. The number of amides is 1. The second kappa shape index (κ2) is 8.16. The number of carbonyl (C=O) groups is 2. The number of Topliss-reactive ketones (excluding diaryl/α,β-unsaturated/α-hetero) is 1. The molecular formula is C22H23N3O2S2. The number of carbonyl (C=O) groups excluding carboxylic acids is 2. The topological polar surface area (TPSA) is 71.1 Å². The zero-order valence-electron chi connectivity index (χ0n) is 16.7. The van der Waals surface area contributed by atoms with Crippen LogP contribution in [0.4, 0.5) is 5.82 Å². The summed E-state index contributed by atoms with van der Waals surface area (Å²) in [4.78, 5) is 31.7. The van der Waals surface area contributed by atoms with Gasteiger partial charge in [-0.3, -0.25) is 9.59 Å². The Morgan fingerprint density at radius 2 is 2.14 bits per heavy atom. The van der Waals surface area contributed by atoms with E-state index in [1.807, 2.05) is 25.3 Å². The normalized spacial score (nSPS) is 19.1. The average molecular weight is 426 g/mol. The van der Waals surface area contributed by atoms with Gasteiger partial charge < -0.3 is 10.6 Å². The predicted molar refractivity (Wildman–Crippen MR) is 118 cm³/mol. The zero-order valence-corrected chi connectivity index (χ0v) is 18.3. The molecule has 0 saturated carbocycles. The van der Waals surface area contributed by atoms with Gasteiger partial charge in [-0.05, 0) is 56.7 Å². The van der Waals surface area contributed by atoms with Gasteiger partial charge in [0.2, 0.25) is 0 Å². The van der Waals surface area contributed by atoms with Gasteiger partial charge >= 0.3 is 0 Å². The molecule has 2 aliphatic rings. The van der Waals surface area contributed by atoms with Crippen LogP contribution in [0.15, 0.2) is 57.2 Å². The number of anilines is 1. The number of aromatic nitrogens is 1. The molecule has 0 radical (unpaired) electrons. The molecule has 5 nitrogen and oxygen atoms in total. The van der Waals surface area contributed by atoms with Crippen molar-refractivity contribution in [3.05, 3.63) is 63.4 Å². The molecule has 0 aromatic carbocycles. The monoisotopic (exact) mass is 425 g/mol. The number of aryl methyl sites for hydroxylation is 1. The van der Waals surface area contributed by atoms with Crippen molar-refractivity contribution in [2.75, 3.05) is 11.6 Å². The van der Waals surface area contributed by atoms with E-state index in [1.54, 1.807) is 35.4 Å². The standard InChI is InChI=1S/C22H23N3O2S2/c1-12-11-14(22(28-3)29-12)19-18(21(27)25-17-9-4-5-10-23-17)13(2)24-15-7-6-8-16(26)20(15)19/h4-5,9-11,19,24H,6-8H2,1-3H3,(H,23,25,27). The van der Waals surface area contributed by atoms with Crippen molar-refractivity contribution >= 4 is 40.6 Å². The summed E-state index contributed by atoms with van der Waals surface area (Å²) in [6.45, 7) is 3.98. The van der Waals surface area contributed by atoms with Gasteiger partial charge in [0.1, 0.15) is 5.82 Å². The highest BCUT2D eigenvalue weighted by Crippen LogP contribution is 2.47. The number of hydrogen-bond donors (Lipinski definition) is 2. The molecule has 2 aromatic heterocycles. The fourth-order valence-corrected chi connectivity index (χ4v) is 6.00. The molecule has 1 amide bonds. The summed E-state index contributed by atoms with van der Waals surface area (Å²) in [6.07, 6.45) is 5.90. The van der Waals surface area contributed by atoms with Gasteiger partial charge in [0, 0.05) is 46.0 Å². The second-order valence-electron chi connectivity index (χ2n) is 7.24. The van der Waals surface area contributed by atoms with Gasteiger partial charge in [-0.1, -0.05) is 6.07 Å². The molecule has 0 bridgehead atoms. The van der Waals surface area contributed by atoms with Gasteiger partial charge in [-0.25, -0.2) is 4.98 Å². The van der Waals surface area contributed by atoms with Crippen LogP contribution in [0.25, 0.3) is 0 Å². The molecule has 0 fully saturated rings. The summed E-state index contributed by atoms with van der Waals surface area (Å²) in [5.74, 6) is 0.0582. The Balaban J connectivity index is 1.83. The van der Waals surface area contributed by atoms with Crippen LogP contribution in [0.1, 0.15) is 42.5 Å². The van der Waals surface area contributed by atoms with Crippen molar-refractivity contribution in [3.8, 4) is 0 Å². The van der Waals surface area contributed by atoms with E-state index in [4.69, 9.17) is 0 Å². The molecule has 150 valence electrons. The van der Waals surface area contributed by atoms with Gasteiger partial charge in [-0.15, -0.1) is 23.1 Å². The summed E-state index contributed by atoms with van der Waals surface area (Å²) >= 11 is 3.38. The lowest BCUT2D eigenvalue weighted by Gasteiger charge is -2.34. The van der Waals surface area contributed by atoms with Crippen LogP contribution < -0.4 is 10.6 Å².